The first-order valence-corrected chi connectivity index (χ1v) is 5.75. The van der Waals surface area contributed by atoms with Gasteiger partial charge in [-0.25, -0.2) is 0 Å². The first-order chi connectivity index (χ1) is 7.70. The van der Waals surface area contributed by atoms with Gasteiger partial charge in [-0.3, -0.25) is 0 Å². The van der Waals surface area contributed by atoms with Crippen LogP contribution < -0.4 is 4.90 Å². The van der Waals surface area contributed by atoms with Gasteiger partial charge in [-0.05, 0) is 19.1 Å². The molecule has 1 rings (SSSR count). The minimum Gasteiger partial charge on any atom is -0.389 e. The standard InChI is InChI=1S/C11H13BrF3NO/c1-7(17)9-4-3-8(12)5-10(9)16(2)6-11(13,14)15/h3-5,7,17H,6H2,1-2H3. The molecule has 96 valence electrons. The van der Waals surface area contributed by atoms with Crippen molar-refractivity contribution < 1.29 is 18.3 Å². The molecular weight excluding hydrogens is 299 g/mol. The lowest BCUT2D eigenvalue weighted by Gasteiger charge is -2.25. The molecule has 0 heterocycles. The Hall–Kier alpha value is -0.750. The van der Waals surface area contributed by atoms with Crippen LogP contribution in [0.3, 0.4) is 0 Å². The van der Waals surface area contributed by atoms with Gasteiger partial charge in [-0.15, -0.1) is 0 Å². The molecule has 0 fully saturated rings. The van der Waals surface area contributed by atoms with E-state index in [1.54, 1.807) is 18.2 Å². The van der Waals surface area contributed by atoms with Crippen LogP contribution in [0.25, 0.3) is 0 Å². The number of alkyl halides is 3. The van der Waals surface area contributed by atoms with Crippen LogP contribution in [0, 0.1) is 0 Å². The molecule has 17 heavy (non-hydrogen) atoms. The molecule has 0 radical (unpaired) electrons. The van der Waals surface area contributed by atoms with E-state index in [-0.39, 0.29) is 0 Å². The highest BCUT2D eigenvalue weighted by atomic mass is 79.9. The smallest absolute Gasteiger partial charge is 0.389 e. The number of benzene rings is 1. The van der Waals surface area contributed by atoms with E-state index in [4.69, 9.17) is 0 Å². The normalized spacial score (nSPS) is 13.6. The third-order valence-corrected chi connectivity index (χ3v) is 2.76. The van der Waals surface area contributed by atoms with Crippen LogP contribution in [0.15, 0.2) is 22.7 Å². The molecule has 0 aliphatic rings. The van der Waals surface area contributed by atoms with E-state index in [0.717, 1.165) is 4.90 Å². The summed E-state index contributed by atoms with van der Waals surface area (Å²) in [6.07, 6.45) is -5.08. The summed E-state index contributed by atoms with van der Waals surface area (Å²) in [6.45, 7) is 0.470. The Morgan fingerprint density at radius 2 is 2.00 bits per heavy atom. The van der Waals surface area contributed by atoms with Crippen LogP contribution >= 0.6 is 15.9 Å². The molecule has 0 aliphatic carbocycles. The van der Waals surface area contributed by atoms with Crippen LogP contribution in [-0.4, -0.2) is 24.9 Å². The summed E-state index contributed by atoms with van der Waals surface area (Å²) in [7, 11) is 1.35. The number of rotatable bonds is 3. The van der Waals surface area contributed by atoms with E-state index in [9.17, 15) is 18.3 Å². The quantitative estimate of drug-likeness (QED) is 0.923. The SMILES string of the molecule is CC(O)c1ccc(Br)cc1N(C)CC(F)(F)F. The van der Waals surface area contributed by atoms with Gasteiger partial charge in [0.15, 0.2) is 0 Å². The largest absolute Gasteiger partial charge is 0.405 e. The molecule has 0 bridgehead atoms. The fraction of sp³-hybridized carbons (Fsp3) is 0.455. The first-order valence-electron chi connectivity index (χ1n) is 4.96. The third-order valence-electron chi connectivity index (χ3n) is 2.27. The van der Waals surface area contributed by atoms with Crippen LogP contribution in [0.5, 0.6) is 0 Å². The van der Waals surface area contributed by atoms with E-state index in [2.05, 4.69) is 15.9 Å². The monoisotopic (exact) mass is 311 g/mol. The van der Waals surface area contributed by atoms with Crippen LogP contribution in [0.4, 0.5) is 18.9 Å². The van der Waals surface area contributed by atoms with Gasteiger partial charge in [0.25, 0.3) is 0 Å². The van der Waals surface area contributed by atoms with E-state index in [1.807, 2.05) is 0 Å². The lowest BCUT2D eigenvalue weighted by Crippen LogP contribution is -2.31. The molecule has 1 atom stereocenters. The van der Waals surface area contributed by atoms with Gasteiger partial charge in [0.05, 0.1) is 6.10 Å². The second kappa shape index (κ2) is 5.27. The fourth-order valence-corrected chi connectivity index (χ4v) is 1.90. The number of nitrogens with zero attached hydrogens (tertiary/aromatic N) is 1. The molecule has 6 heteroatoms. The van der Waals surface area contributed by atoms with E-state index >= 15 is 0 Å². The average Bonchev–Trinajstić information content (AvgIpc) is 2.14. The van der Waals surface area contributed by atoms with Crippen molar-refractivity contribution in [3.63, 3.8) is 0 Å². The Morgan fingerprint density at radius 1 is 1.41 bits per heavy atom. The van der Waals surface area contributed by atoms with E-state index < -0.39 is 18.8 Å². The zero-order valence-electron chi connectivity index (χ0n) is 9.42. The molecule has 0 spiro atoms. The van der Waals surface area contributed by atoms with Crippen molar-refractivity contribution in [2.45, 2.75) is 19.2 Å². The van der Waals surface area contributed by atoms with Crippen molar-refractivity contribution in [3.8, 4) is 0 Å². The number of anilines is 1. The van der Waals surface area contributed by atoms with Crippen LogP contribution in [0.2, 0.25) is 0 Å². The Balaban J connectivity index is 3.06. The number of hydrogen-bond acceptors (Lipinski definition) is 2. The molecule has 0 amide bonds. The molecule has 1 aromatic rings. The predicted molar refractivity (Wildman–Crippen MR) is 64.1 cm³/mol. The summed E-state index contributed by atoms with van der Waals surface area (Å²) in [6, 6.07) is 4.86. The summed E-state index contributed by atoms with van der Waals surface area (Å²) < 4.78 is 37.6. The predicted octanol–water partition coefficient (Wildman–Crippen LogP) is 3.50. The zero-order chi connectivity index (χ0) is 13.2. The molecule has 1 aromatic carbocycles. The van der Waals surface area contributed by atoms with E-state index in [0.29, 0.717) is 15.7 Å². The van der Waals surface area contributed by atoms with Crippen molar-refractivity contribution in [1.29, 1.82) is 0 Å². The molecule has 1 N–H and O–H groups in total. The second-order valence-electron chi connectivity index (χ2n) is 3.85. The molecular formula is C11H13BrF3NO. The maximum absolute atomic E-state index is 12.3. The summed E-state index contributed by atoms with van der Waals surface area (Å²) in [5.41, 5.74) is 0.839. The van der Waals surface area contributed by atoms with Crippen molar-refractivity contribution in [2.75, 3.05) is 18.5 Å². The highest BCUT2D eigenvalue weighted by Crippen LogP contribution is 2.30. The topological polar surface area (TPSA) is 23.5 Å². The maximum atomic E-state index is 12.3. The van der Waals surface area contributed by atoms with Crippen molar-refractivity contribution >= 4 is 21.6 Å². The Morgan fingerprint density at radius 3 is 2.47 bits per heavy atom. The molecule has 0 saturated heterocycles. The number of hydrogen-bond donors (Lipinski definition) is 1. The van der Waals surface area contributed by atoms with Crippen molar-refractivity contribution in [1.82, 2.24) is 0 Å². The minimum atomic E-state index is -4.27. The Labute approximate surface area is 106 Å². The van der Waals surface area contributed by atoms with Gasteiger partial charge < -0.3 is 10.0 Å². The molecule has 0 aromatic heterocycles. The number of aliphatic hydroxyl groups excluding tert-OH is 1. The van der Waals surface area contributed by atoms with Gasteiger partial charge in [-0.2, -0.15) is 13.2 Å². The number of halogens is 4. The summed E-state index contributed by atoms with van der Waals surface area (Å²) in [4.78, 5) is 1.08. The van der Waals surface area contributed by atoms with Gasteiger partial charge in [0, 0.05) is 22.8 Å². The van der Waals surface area contributed by atoms with Gasteiger partial charge in [0.2, 0.25) is 0 Å². The van der Waals surface area contributed by atoms with Crippen LogP contribution in [0.1, 0.15) is 18.6 Å². The van der Waals surface area contributed by atoms with Gasteiger partial charge in [-0.1, -0.05) is 22.0 Å². The summed E-state index contributed by atoms with van der Waals surface area (Å²) in [5.74, 6) is 0. The highest BCUT2D eigenvalue weighted by Gasteiger charge is 2.30. The zero-order valence-corrected chi connectivity index (χ0v) is 11.0. The molecule has 0 saturated carbocycles. The lowest BCUT2D eigenvalue weighted by atomic mass is 10.1. The third kappa shape index (κ3) is 4.20. The van der Waals surface area contributed by atoms with Crippen molar-refractivity contribution in [2.24, 2.45) is 0 Å². The summed E-state index contributed by atoms with van der Waals surface area (Å²) in [5, 5.41) is 9.52. The first kappa shape index (κ1) is 14.3. The summed E-state index contributed by atoms with van der Waals surface area (Å²) >= 11 is 3.20. The highest BCUT2D eigenvalue weighted by molar-refractivity contribution is 9.10. The fourth-order valence-electron chi connectivity index (χ4n) is 1.55. The molecule has 2 nitrogen and oxygen atoms in total. The Bertz CT molecular complexity index is 393. The average molecular weight is 312 g/mol. The molecule has 0 aliphatic heterocycles. The second-order valence-corrected chi connectivity index (χ2v) is 4.77. The maximum Gasteiger partial charge on any atom is 0.405 e. The van der Waals surface area contributed by atoms with Gasteiger partial charge >= 0.3 is 6.18 Å². The van der Waals surface area contributed by atoms with Crippen molar-refractivity contribution in [3.05, 3.63) is 28.2 Å². The van der Waals surface area contributed by atoms with Crippen LogP contribution in [-0.2, 0) is 0 Å². The number of aliphatic hydroxyl groups is 1. The van der Waals surface area contributed by atoms with E-state index in [1.165, 1.54) is 14.0 Å². The lowest BCUT2D eigenvalue weighted by molar-refractivity contribution is -0.119. The molecule has 1 unspecified atom stereocenters. The Kier molecular flexibility index (Phi) is 4.43. The minimum absolute atomic E-state index is 0.367. The van der Waals surface area contributed by atoms with Gasteiger partial charge in [0.1, 0.15) is 6.54 Å².